The first-order chi connectivity index (χ1) is 12.6. The molecule has 2 aliphatic heterocycles. The third-order valence-corrected chi connectivity index (χ3v) is 6.29. The van der Waals surface area contributed by atoms with Gasteiger partial charge in [-0.2, -0.15) is 5.10 Å². The second kappa shape index (κ2) is 5.94. The first-order valence-corrected chi connectivity index (χ1v) is 9.57. The molecule has 7 heteroatoms. The van der Waals surface area contributed by atoms with Crippen LogP contribution in [-0.2, 0) is 16.8 Å². The minimum atomic E-state index is -0.116. The average molecular weight is 355 g/mol. The Hall–Kier alpha value is -2.15. The van der Waals surface area contributed by atoms with Gasteiger partial charge in [0.1, 0.15) is 11.6 Å². The molecule has 1 aliphatic carbocycles. The molecule has 1 amide bonds. The molecule has 0 unspecified atom stereocenters. The van der Waals surface area contributed by atoms with Gasteiger partial charge in [-0.1, -0.05) is 0 Å². The van der Waals surface area contributed by atoms with Crippen LogP contribution in [-0.4, -0.2) is 57.1 Å². The van der Waals surface area contributed by atoms with Gasteiger partial charge in [0, 0.05) is 31.5 Å². The normalized spacial score (nSPS) is 29.1. The smallest absolute Gasteiger partial charge is 0.225 e. The lowest BCUT2D eigenvalue weighted by atomic mass is 9.72. The monoisotopic (exact) mass is 355 g/mol. The van der Waals surface area contributed by atoms with Crippen molar-refractivity contribution in [2.45, 2.75) is 38.1 Å². The number of likely N-dealkylation sites (tertiary alicyclic amines) is 2. The number of aromatic amines is 1. The molecule has 0 bridgehead atoms. The number of furan rings is 1. The van der Waals surface area contributed by atoms with Gasteiger partial charge in [0.25, 0.3) is 0 Å². The van der Waals surface area contributed by atoms with E-state index in [2.05, 4.69) is 25.0 Å². The van der Waals surface area contributed by atoms with Crippen LogP contribution in [0.1, 0.15) is 36.7 Å². The molecule has 0 aromatic carbocycles. The molecule has 2 saturated heterocycles. The van der Waals surface area contributed by atoms with E-state index in [0.29, 0.717) is 11.8 Å². The van der Waals surface area contributed by atoms with Crippen molar-refractivity contribution in [2.75, 3.05) is 26.2 Å². The molecule has 5 rings (SSSR count). The van der Waals surface area contributed by atoms with Crippen molar-refractivity contribution in [2.24, 2.45) is 11.8 Å². The number of fused-ring (bicyclic) bond motifs is 1. The maximum absolute atomic E-state index is 12.7. The summed E-state index contributed by atoms with van der Waals surface area (Å²) in [5, 5.41) is 7.52. The van der Waals surface area contributed by atoms with Gasteiger partial charge in [0.15, 0.2) is 5.82 Å². The fourth-order valence-corrected chi connectivity index (χ4v) is 4.70. The minimum absolute atomic E-state index is 0.116. The Labute approximate surface area is 152 Å². The predicted molar refractivity (Wildman–Crippen MR) is 94.2 cm³/mol. The highest BCUT2D eigenvalue weighted by Gasteiger charge is 2.55. The SMILES string of the molecule is Cc1nc([C@@]23CCN(Cc4ccco4)C[C@@H]2CN(C(=O)C2CC2)C3)n[nH]1. The number of aryl methyl sites for hydroxylation is 1. The summed E-state index contributed by atoms with van der Waals surface area (Å²) in [4.78, 5) is 21.9. The van der Waals surface area contributed by atoms with Gasteiger partial charge in [-0.15, -0.1) is 0 Å². The summed E-state index contributed by atoms with van der Waals surface area (Å²) in [5.74, 6) is 3.70. The molecule has 1 saturated carbocycles. The Morgan fingerprint density at radius 2 is 2.31 bits per heavy atom. The molecule has 3 aliphatic rings. The zero-order chi connectivity index (χ0) is 17.7. The summed E-state index contributed by atoms with van der Waals surface area (Å²) in [7, 11) is 0. The molecule has 4 heterocycles. The van der Waals surface area contributed by atoms with Crippen LogP contribution in [0.3, 0.4) is 0 Å². The number of nitrogens with one attached hydrogen (secondary N) is 1. The van der Waals surface area contributed by atoms with Gasteiger partial charge >= 0.3 is 0 Å². The van der Waals surface area contributed by atoms with Crippen LogP contribution in [0, 0.1) is 18.8 Å². The maximum atomic E-state index is 12.7. The van der Waals surface area contributed by atoms with Crippen LogP contribution >= 0.6 is 0 Å². The van der Waals surface area contributed by atoms with Gasteiger partial charge in [-0.3, -0.25) is 14.8 Å². The molecule has 0 radical (unpaired) electrons. The van der Waals surface area contributed by atoms with E-state index in [9.17, 15) is 4.79 Å². The Balaban J connectivity index is 1.40. The zero-order valence-electron chi connectivity index (χ0n) is 15.1. The van der Waals surface area contributed by atoms with Crippen molar-refractivity contribution in [3.63, 3.8) is 0 Å². The summed E-state index contributed by atoms with van der Waals surface area (Å²) in [6, 6.07) is 3.96. The standard InChI is InChI=1S/C19H25N5O2/c1-13-20-18(22-21-13)19-6-7-23(11-16-3-2-8-26-16)9-15(19)10-24(12-19)17(25)14-4-5-14/h2-3,8,14-15H,4-7,9-12H2,1H3,(H,20,21,22)/t15-,19-/m1/s1. The largest absolute Gasteiger partial charge is 0.468 e. The first kappa shape index (κ1) is 16.1. The van der Waals surface area contributed by atoms with Crippen LogP contribution in [0.5, 0.6) is 0 Å². The van der Waals surface area contributed by atoms with Crippen molar-refractivity contribution in [1.29, 1.82) is 0 Å². The highest BCUT2D eigenvalue weighted by atomic mass is 16.3. The van der Waals surface area contributed by atoms with E-state index in [4.69, 9.17) is 4.42 Å². The second-order valence-electron chi connectivity index (χ2n) is 8.16. The van der Waals surface area contributed by atoms with E-state index < -0.39 is 0 Å². The average Bonchev–Trinajstić information content (AvgIpc) is 3.02. The minimum Gasteiger partial charge on any atom is -0.468 e. The zero-order valence-corrected chi connectivity index (χ0v) is 15.1. The number of amides is 1. The predicted octanol–water partition coefficient (Wildman–Crippen LogP) is 1.72. The Morgan fingerprint density at radius 3 is 3.00 bits per heavy atom. The van der Waals surface area contributed by atoms with E-state index in [1.165, 1.54) is 0 Å². The van der Waals surface area contributed by atoms with Gasteiger partial charge in [0.05, 0.1) is 18.2 Å². The molecular formula is C19H25N5O2. The number of H-pyrrole nitrogens is 1. The summed E-state index contributed by atoms with van der Waals surface area (Å²) >= 11 is 0. The maximum Gasteiger partial charge on any atom is 0.225 e. The van der Waals surface area contributed by atoms with Gasteiger partial charge < -0.3 is 9.32 Å². The fourth-order valence-electron chi connectivity index (χ4n) is 4.70. The van der Waals surface area contributed by atoms with E-state index in [1.807, 2.05) is 19.1 Å². The summed E-state index contributed by atoms with van der Waals surface area (Å²) in [5.41, 5.74) is -0.116. The van der Waals surface area contributed by atoms with Gasteiger partial charge in [0.2, 0.25) is 5.91 Å². The molecule has 7 nitrogen and oxygen atoms in total. The van der Waals surface area contributed by atoms with Crippen molar-refractivity contribution >= 4 is 5.91 Å². The van der Waals surface area contributed by atoms with Crippen molar-refractivity contribution in [3.8, 4) is 0 Å². The second-order valence-corrected chi connectivity index (χ2v) is 8.16. The van der Waals surface area contributed by atoms with Gasteiger partial charge in [-0.05, 0) is 44.9 Å². The molecule has 2 atom stereocenters. The number of nitrogens with zero attached hydrogens (tertiary/aromatic N) is 4. The van der Waals surface area contributed by atoms with Crippen LogP contribution in [0.4, 0.5) is 0 Å². The van der Waals surface area contributed by atoms with Gasteiger partial charge in [-0.25, -0.2) is 4.98 Å². The Kier molecular flexibility index (Phi) is 3.67. The van der Waals surface area contributed by atoms with E-state index in [1.54, 1.807) is 6.26 Å². The van der Waals surface area contributed by atoms with Crippen molar-refractivity contribution < 1.29 is 9.21 Å². The number of carbonyl (C=O) groups excluding carboxylic acids is 1. The van der Waals surface area contributed by atoms with E-state index in [-0.39, 0.29) is 11.3 Å². The summed E-state index contributed by atoms with van der Waals surface area (Å²) in [6.07, 6.45) is 4.81. The van der Waals surface area contributed by atoms with Crippen LogP contribution in [0.15, 0.2) is 22.8 Å². The van der Waals surface area contributed by atoms with Crippen molar-refractivity contribution in [1.82, 2.24) is 25.0 Å². The quantitative estimate of drug-likeness (QED) is 0.903. The van der Waals surface area contributed by atoms with E-state index in [0.717, 1.165) is 69.4 Å². The number of aromatic nitrogens is 3. The number of carbonyl (C=O) groups is 1. The highest BCUT2D eigenvalue weighted by Crippen LogP contribution is 2.45. The third kappa shape index (κ3) is 2.65. The summed E-state index contributed by atoms with van der Waals surface area (Å²) in [6.45, 7) is 6.26. The summed E-state index contributed by atoms with van der Waals surface area (Å²) < 4.78 is 5.52. The topological polar surface area (TPSA) is 78.3 Å². The Morgan fingerprint density at radius 1 is 1.42 bits per heavy atom. The Bertz CT molecular complexity index is 797. The van der Waals surface area contributed by atoms with E-state index >= 15 is 0 Å². The lowest BCUT2D eigenvalue weighted by Crippen LogP contribution is -2.49. The lowest BCUT2D eigenvalue weighted by Gasteiger charge is -2.41. The molecule has 2 aromatic rings. The molecule has 1 N–H and O–H groups in total. The molecule has 3 fully saturated rings. The van der Waals surface area contributed by atoms with Crippen LogP contribution in [0.2, 0.25) is 0 Å². The molecule has 0 spiro atoms. The van der Waals surface area contributed by atoms with Crippen LogP contribution < -0.4 is 0 Å². The third-order valence-electron chi connectivity index (χ3n) is 6.29. The number of hydrogen-bond acceptors (Lipinski definition) is 5. The number of piperidine rings is 1. The molecule has 26 heavy (non-hydrogen) atoms. The van der Waals surface area contributed by atoms with Crippen LogP contribution in [0.25, 0.3) is 0 Å². The number of hydrogen-bond donors (Lipinski definition) is 1. The first-order valence-electron chi connectivity index (χ1n) is 9.57. The lowest BCUT2D eigenvalue weighted by molar-refractivity contribution is -0.131. The molecule has 138 valence electrons. The highest BCUT2D eigenvalue weighted by molar-refractivity contribution is 5.81. The number of rotatable bonds is 4. The molecule has 2 aromatic heterocycles. The fraction of sp³-hybridized carbons (Fsp3) is 0.632. The molecular weight excluding hydrogens is 330 g/mol. The van der Waals surface area contributed by atoms with Crippen molar-refractivity contribution in [3.05, 3.63) is 35.8 Å².